The molecule has 3 aromatic rings. The molecule has 0 saturated heterocycles. The molecule has 0 N–H and O–H groups in total. The van der Waals surface area contributed by atoms with Gasteiger partial charge in [-0.05, 0) is 48.6 Å². The number of anilines is 1. The third kappa shape index (κ3) is 3.77. The number of para-hydroxylation sites is 1. The molecule has 0 spiro atoms. The van der Waals surface area contributed by atoms with Gasteiger partial charge in [0, 0.05) is 30.9 Å². The zero-order valence-corrected chi connectivity index (χ0v) is 18.6. The highest BCUT2D eigenvalue weighted by Gasteiger charge is 2.37. The summed E-state index contributed by atoms with van der Waals surface area (Å²) in [6, 6.07) is 13.2. The number of ketones is 1. The number of fused-ring (bicyclic) bond motifs is 1. The van der Waals surface area contributed by atoms with Gasteiger partial charge in [-0.2, -0.15) is 0 Å². The number of aryl methyl sites for hydroxylation is 1. The van der Waals surface area contributed by atoms with Crippen molar-refractivity contribution >= 4 is 17.4 Å². The summed E-state index contributed by atoms with van der Waals surface area (Å²) in [6.07, 6.45) is 2.27. The van der Waals surface area contributed by atoms with E-state index in [9.17, 15) is 18.8 Å². The number of hydrogen-bond donors (Lipinski definition) is 0. The normalized spacial score (nSPS) is 14.7. The Kier molecular flexibility index (Phi) is 5.33. The van der Waals surface area contributed by atoms with Crippen LogP contribution in [0.2, 0.25) is 0 Å². The average molecular weight is 432 g/mol. The van der Waals surface area contributed by atoms with E-state index in [-0.39, 0.29) is 17.0 Å². The topological polar surface area (TPSA) is 59.4 Å². The Balaban J connectivity index is 1.97. The molecule has 1 aliphatic carbocycles. The third-order valence-electron chi connectivity index (χ3n) is 5.96. The van der Waals surface area contributed by atoms with Crippen molar-refractivity contribution < 1.29 is 14.0 Å². The van der Waals surface area contributed by atoms with E-state index in [1.807, 2.05) is 32.9 Å². The third-order valence-corrected chi connectivity index (χ3v) is 5.96. The fraction of sp³-hybridized carbons (Fsp3) is 0.269. The summed E-state index contributed by atoms with van der Waals surface area (Å²) in [5.41, 5.74) is 1.46. The van der Waals surface area contributed by atoms with Crippen molar-refractivity contribution in [3.8, 4) is 5.69 Å². The van der Waals surface area contributed by atoms with Crippen LogP contribution in [0, 0.1) is 18.2 Å². The van der Waals surface area contributed by atoms with Crippen LogP contribution in [-0.2, 0) is 6.42 Å². The molecule has 1 aliphatic rings. The summed E-state index contributed by atoms with van der Waals surface area (Å²) in [4.78, 5) is 41.4. The van der Waals surface area contributed by atoms with Crippen LogP contribution in [0.4, 0.5) is 10.1 Å². The summed E-state index contributed by atoms with van der Waals surface area (Å²) < 4.78 is 15.7. The summed E-state index contributed by atoms with van der Waals surface area (Å²) >= 11 is 0. The second-order valence-corrected chi connectivity index (χ2v) is 9.16. The Morgan fingerprint density at radius 1 is 1.03 bits per heavy atom. The number of carbonyl (C=O) groups excluding carboxylic acids is 2. The zero-order chi connectivity index (χ0) is 23.2. The van der Waals surface area contributed by atoms with Crippen LogP contribution in [0.5, 0.6) is 0 Å². The Morgan fingerprint density at radius 2 is 1.69 bits per heavy atom. The fourth-order valence-corrected chi connectivity index (χ4v) is 4.26. The lowest BCUT2D eigenvalue weighted by molar-refractivity contribution is 0.0910. The fourth-order valence-electron chi connectivity index (χ4n) is 4.26. The van der Waals surface area contributed by atoms with E-state index < -0.39 is 22.7 Å². The minimum absolute atomic E-state index is 0.0674. The molecule has 1 aromatic heterocycles. The van der Waals surface area contributed by atoms with Gasteiger partial charge in [0.05, 0.1) is 5.69 Å². The molecule has 0 saturated carbocycles. The SMILES string of the molecule is Cc1ccc(-n2cc3c(c(C(=O)N(C)c4ccccc4F)c2=O)CC(C)(C)CC3=O)cc1. The van der Waals surface area contributed by atoms with Crippen LogP contribution in [0.1, 0.15) is 52.1 Å². The second kappa shape index (κ2) is 7.86. The molecule has 0 aliphatic heterocycles. The number of amides is 1. The van der Waals surface area contributed by atoms with Gasteiger partial charge < -0.3 is 4.90 Å². The van der Waals surface area contributed by atoms with E-state index >= 15 is 0 Å². The van der Waals surface area contributed by atoms with Gasteiger partial charge >= 0.3 is 0 Å². The largest absolute Gasteiger partial charge is 0.308 e. The van der Waals surface area contributed by atoms with Crippen LogP contribution < -0.4 is 10.5 Å². The predicted octanol–water partition coefficient (Wildman–Crippen LogP) is 4.72. The molecule has 0 radical (unpaired) electrons. The number of hydrogen-bond acceptors (Lipinski definition) is 3. The maximum absolute atomic E-state index is 14.4. The van der Waals surface area contributed by atoms with Crippen molar-refractivity contribution in [3.05, 3.63) is 93.2 Å². The lowest BCUT2D eigenvalue weighted by atomic mass is 9.73. The van der Waals surface area contributed by atoms with Gasteiger partial charge in [-0.25, -0.2) is 4.39 Å². The highest BCUT2D eigenvalue weighted by molar-refractivity contribution is 6.09. The van der Waals surface area contributed by atoms with Crippen molar-refractivity contribution in [2.75, 3.05) is 11.9 Å². The Morgan fingerprint density at radius 3 is 2.34 bits per heavy atom. The number of Topliss-reactive ketones (excluding diaryl/α,β-unsaturated/α-hetero) is 1. The van der Waals surface area contributed by atoms with Gasteiger partial charge in [-0.15, -0.1) is 0 Å². The standard InChI is InChI=1S/C26H25FN2O3/c1-16-9-11-17(12-10-16)29-15-19-18(13-26(2,3)14-22(19)30)23(25(29)32)24(31)28(4)21-8-6-5-7-20(21)27/h5-12,15H,13-14H2,1-4H3. The first-order valence-corrected chi connectivity index (χ1v) is 10.5. The van der Waals surface area contributed by atoms with Crippen LogP contribution in [-0.4, -0.2) is 23.3 Å². The molecule has 0 bridgehead atoms. The van der Waals surface area contributed by atoms with Crippen molar-refractivity contribution in [1.29, 1.82) is 0 Å². The molecular formula is C26H25FN2O3. The van der Waals surface area contributed by atoms with Gasteiger partial charge in [-0.3, -0.25) is 19.0 Å². The lowest BCUT2D eigenvalue weighted by Crippen LogP contribution is -2.40. The smallest absolute Gasteiger partial charge is 0.268 e. The predicted molar refractivity (Wildman–Crippen MR) is 122 cm³/mol. The minimum Gasteiger partial charge on any atom is -0.308 e. The van der Waals surface area contributed by atoms with Crippen molar-refractivity contribution in [2.45, 2.75) is 33.6 Å². The van der Waals surface area contributed by atoms with E-state index in [2.05, 4.69) is 0 Å². The Hall–Kier alpha value is -3.54. The zero-order valence-electron chi connectivity index (χ0n) is 18.6. The second-order valence-electron chi connectivity index (χ2n) is 9.16. The van der Waals surface area contributed by atoms with Crippen molar-refractivity contribution in [3.63, 3.8) is 0 Å². The first kappa shape index (κ1) is 21.7. The molecule has 4 rings (SSSR count). The van der Waals surface area contributed by atoms with E-state index in [1.54, 1.807) is 24.4 Å². The number of rotatable bonds is 3. The number of carbonyl (C=O) groups is 2. The van der Waals surface area contributed by atoms with Gasteiger partial charge in [-0.1, -0.05) is 43.7 Å². The molecule has 0 unspecified atom stereocenters. The van der Waals surface area contributed by atoms with Gasteiger partial charge in [0.15, 0.2) is 5.78 Å². The minimum atomic E-state index is -0.636. The molecule has 32 heavy (non-hydrogen) atoms. The van der Waals surface area contributed by atoms with Gasteiger partial charge in [0.1, 0.15) is 11.4 Å². The van der Waals surface area contributed by atoms with Crippen molar-refractivity contribution in [1.82, 2.24) is 4.57 Å². The maximum atomic E-state index is 14.4. The van der Waals surface area contributed by atoms with Crippen LogP contribution in [0.15, 0.2) is 59.5 Å². The van der Waals surface area contributed by atoms with E-state index in [1.165, 1.54) is 29.8 Å². The number of halogens is 1. The molecule has 5 nitrogen and oxygen atoms in total. The summed E-state index contributed by atoms with van der Waals surface area (Å²) in [7, 11) is 1.44. The first-order valence-electron chi connectivity index (χ1n) is 10.5. The first-order chi connectivity index (χ1) is 15.1. The monoisotopic (exact) mass is 432 g/mol. The highest BCUT2D eigenvalue weighted by Crippen LogP contribution is 2.36. The molecule has 2 aromatic carbocycles. The van der Waals surface area contributed by atoms with E-state index in [0.717, 1.165) is 10.5 Å². The quantitative estimate of drug-likeness (QED) is 0.602. The van der Waals surface area contributed by atoms with Crippen molar-refractivity contribution in [2.24, 2.45) is 5.41 Å². The van der Waals surface area contributed by atoms with E-state index in [4.69, 9.17) is 0 Å². The molecule has 0 fully saturated rings. The van der Waals surface area contributed by atoms with Crippen LogP contribution in [0.25, 0.3) is 5.69 Å². The molecule has 1 amide bonds. The molecule has 1 heterocycles. The summed E-state index contributed by atoms with van der Waals surface area (Å²) in [5.74, 6) is -1.31. The molecular weight excluding hydrogens is 407 g/mol. The molecule has 164 valence electrons. The van der Waals surface area contributed by atoms with Crippen LogP contribution >= 0.6 is 0 Å². The van der Waals surface area contributed by atoms with Crippen LogP contribution in [0.3, 0.4) is 0 Å². The number of nitrogens with zero attached hydrogens (tertiary/aromatic N) is 2. The highest BCUT2D eigenvalue weighted by atomic mass is 19.1. The molecule has 6 heteroatoms. The maximum Gasteiger partial charge on any atom is 0.268 e. The average Bonchev–Trinajstić information content (AvgIpc) is 2.73. The summed E-state index contributed by atoms with van der Waals surface area (Å²) in [5, 5.41) is 0. The summed E-state index contributed by atoms with van der Waals surface area (Å²) in [6.45, 7) is 5.81. The van der Waals surface area contributed by atoms with Gasteiger partial charge in [0.2, 0.25) is 0 Å². The van der Waals surface area contributed by atoms with Gasteiger partial charge in [0.25, 0.3) is 11.5 Å². The number of pyridine rings is 1. The molecule has 0 atom stereocenters. The number of benzene rings is 2. The Bertz CT molecular complexity index is 1290. The van der Waals surface area contributed by atoms with E-state index in [0.29, 0.717) is 29.7 Å². The lowest BCUT2D eigenvalue weighted by Gasteiger charge is -2.32. The number of aromatic nitrogens is 1. The Labute approximate surface area is 186 Å².